The Bertz CT molecular complexity index is 1040. The first-order valence-electron chi connectivity index (χ1n) is 10.9. The van der Waals surface area contributed by atoms with E-state index in [2.05, 4.69) is 21.8 Å². The number of likely N-dealkylation sites (tertiary alicyclic amines) is 1. The van der Waals surface area contributed by atoms with Gasteiger partial charge in [0.05, 0.1) is 24.7 Å². The lowest BCUT2D eigenvalue weighted by atomic mass is 10.2. The highest BCUT2D eigenvalue weighted by molar-refractivity contribution is 5.94. The molecule has 0 atom stereocenters. The normalized spacial score (nSPS) is 14.9. The van der Waals surface area contributed by atoms with Gasteiger partial charge in [-0.3, -0.25) is 9.69 Å². The maximum Gasteiger partial charge on any atom is 0.262 e. The summed E-state index contributed by atoms with van der Waals surface area (Å²) in [5.74, 6) is 1.96. The summed E-state index contributed by atoms with van der Waals surface area (Å²) in [6.45, 7) is 3.04. The first-order chi connectivity index (χ1) is 15.1. The summed E-state index contributed by atoms with van der Waals surface area (Å²) in [6.07, 6.45) is 5.17. The number of amides is 1. The fourth-order valence-electron chi connectivity index (χ4n) is 4.04. The molecule has 1 fully saturated rings. The third-order valence-corrected chi connectivity index (χ3v) is 5.75. The van der Waals surface area contributed by atoms with E-state index in [1.54, 1.807) is 19.2 Å². The van der Waals surface area contributed by atoms with E-state index in [4.69, 9.17) is 14.5 Å². The average Bonchev–Trinajstić information content (AvgIpc) is 2.94. The number of hydrogen-bond donors (Lipinski definition) is 1. The van der Waals surface area contributed by atoms with Gasteiger partial charge in [-0.05, 0) is 56.3 Å². The minimum absolute atomic E-state index is 0.0964. The Morgan fingerprint density at radius 3 is 2.55 bits per heavy atom. The number of nitrogens with zero attached hydrogens (tertiary/aromatic N) is 3. The van der Waals surface area contributed by atoms with Crippen LogP contribution in [-0.4, -0.2) is 47.2 Å². The number of carbonyl (C=O) groups is 1. The summed E-state index contributed by atoms with van der Waals surface area (Å²) in [4.78, 5) is 19.7. The molecule has 0 spiro atoms. The molecule has 1 aromatic heterocycles. The second-order valence-electron chi connectivity index (χ2n) is 7.97. The van der Waals surface area contributed by atoms with E-state index in [1.807, 2.05) is 30.3 Å². The van der Waals surface area contributed by atoms with Gasteiger partial charge in [-0.15, -0.1) is 0 Å². The highest BCUT2D eigenvalue weighted by Crippen LogP contribution is 2.26. The molecule has 0 bridgehead atoms. The van der Waals surface area contributed by atoms with Crippen LogP contribution in [0.4, 0.5) is 5.69 Å². The van der Waals surface area contributed by atoms with E-state index in [-0.39, 0.29) is 12.5 Å². The van der Waals surface area contributed by atoms with Crippen molar-refractivity contribution in [1.82, 2.24) is 14.5 Å². The Morgan fingerprint density at radius 2 is 1.81 bits per heavy atom. The van der Waals surface area contributed by atoms with Crippen molar-refractivity contribution >= 4 is 22.6 Å². The van der Waals surface area contributed by atoms with Gasteiger partial charge in [0.1, 0.15) is 5.82 Å². The lowest BCUT2D eigenvalue weighted by molar-refractivity contribution is -0.118. The molecular weight excluding hydrogens is 392 g/mol. The summed E-state index contributed by atoms with van der Waals surface area (Å²) in [5, 5.41) is 2.90. The maximum absolute atomic E-state index is 12.4. The fraction of sp³-hybridized carbons (Fsp3) is 0.417. The fourth-order valence-corrected chi connectivity index (χ4v) is 4.04. The quantitative estimate of drug-likeness (QED) is 0.624. The number of hydrogen-bond acceptors (Lipinski definition) is 5. The van der Waals surface area contributed by atoms with Crippen molar-refractivity contribution in [2.24, 2.45) is 7.05 Å². The topological polar surface area (TPSA) is 68.6 Å². The maximum atomic E-state index is 12.4. The van der Waals surface area contributed by atoms with Gasteiger partial charge in [0, 0.05) is 12.7 Å². The number of imidazole rings is 1. The van der Waals surface area contributed by atoms with E-state index < -0.39 is 0 Å². The molecule has 1 amide bonds. The lowest BCUT2D eigenvalue weighted by Crippen LogP contribution is -2.25. The van der Waals surface area contributed by atoms with Crippen LogP contribution in [0.5, 0.6) is 11.5 Å². The molecule has 1 aliphatic rings. The molecular formula is C24H30N4O3. The van der Waals surface area contributed by atoms with Gasteiger partial charge < -0.3 is 19.4 Å². The van der Waals surface area contributed by atoms with Crippen molar-refractivity contribution in [3.63, 3.8) is 0 Å². The van der Waals surface area contributed by atoms with Gasteiger partial charge in [-0.1, -0.05) is 25.0 Å². The smallest absolute Gasteiger partial charge is 0.262 e. The predicted octanol–water partition coefficient (Wildman–Crippen LogP) is 3.98. The number of nitrogens with one attached hydrogen (secondary N) is 1. The summed E-state index contributed by atoms with van der Waals surface area (Å²) in [5.41, 5.74) is 2.66. The number of fused-ring (bicyclic) bond motifs is 1. The van der Waals surface area contributed by atoms with Gasteiger partial charge in [0.15, 0.2) is 18.1 Å². The Kier molecular flexibility index (Phi) is 6.72. The average molecular weight is 423 g/mol. The summed E-state index contributed by atoms with van der Waals surface area (Å²) < 4.78 is 13.0. The zero-order valence-electron chi connectivity index (χ0n) is 18.3. The standard InChI is InChI=1S/C24H30N4O3/c1-27-20-12-11-18(25-24(29)17-31-22-10-6-5-9-21(22)30-2)15-19(20)26-23(27)16-28-13-7-3-4-8-14-28/h5-6,9-12,15H,3-4,7-8,13-14,16-17H2,1-2H3,(H,25,29). The Hall–Kier alpha value is -3.06. The van der Waals surface area contributed by atoms with E-state index in [9.17, 15) is 4.79 Å². The van der Waals surface area contributed by atoms with E-state index in [0.29, 0.717) is 17.2 Å². The van der Waals surface area contributed by atoms with Gasteiger partial charge in [0.2, 0.25) is 0 Å². The largest absolute Gasteiger partial charge is 0.493 e. The molecule has 2 heterocycles. The molecule has 31 heavy (non-hydrogen) atoms. The minimum atomic E-state index is -0.231. The Balaban J connectivity index is 1.40. The van der Waals surface area contributed by atoms with Crippen molar-refractivity contribution in [2.75, 3.05) is 32.1 Å². The van der Waals surface area contributed by atoms with E-state index in [0.717, 1.165) is 36.5 Å². The number of aromatic nitrogens is 2. The van der Waals surface area contributed by atoms with E-state index >= 15 is 0 Å². The highest BCUT2D eigenvalue weighted by atomic mass is 16.5. The number of aryl methyl sites for hydroxylation is 1. The van der Waals surface area contributed by atoms with E-state index in [1.165, 1.54) is 25.7 Å². The Labute approximate surface area is 183 Å². The van der Waals surface area contributed by atoms with Crippen LogP contribution in [0.1, 0.15) is 31.5 Å². The van der Waals surface area contributed by atoms with Crippen LogP contribution in [0.2, 0.25) is 0 Å². The number of methoxy groups -OCH3 is 1. The van der Waals surface area contributed by atoms with Crippen LogP contribution < -0.4 is 14.8 Å². The number of rotatable bonds is 7. The summed E-state index contributed by atoms with van der Waals surface area (Å²) in [6, 6.07) is 13.1. The van der Waals surface area contributed by atoms with Crippen LogP contribution in [0.25, 0.3) is 11.0 Å². The van der Waals surface area contributed by atoms with Crippen LogP contribution in [0.15, 0.2) is 42.5 Å². The van der Waals surface area contributed by atoms with Crippen molar-refractivity contribution in [1.29, 1.82) is 0 Å². The highest BCUT2D eigenvalue weighted by Gasteiger charge is 2.15. The summed E-state index contributed by atoms with van der Waals surface area (Å²) >= 11 is 0. The van der Waals surface area contributed by atoms with Gasteiger partial charge in [-0.2, -0.15) is 0 Å². The molecule has 1 saturated heterocycles. The second kappa shape index (κ2) is 9.83. The SMILES string of the molecule is COc1ccccc1OCC(=O)Nc1ccc2c(c1)nc(CN1CCCCCC1)n2C. The number of benzene rings is 2. The van der Waals surface area contributed by atoms with Crippen molar-refractivity contribution in [3.05, 3.63) is 48.3 Å². The molecule has 4 rings (SSSR count). The van der Waals surface area contributed by atoms with Crippen molar-refractivity contribution < 1.29 is 14.3 Å². The third-order valence-electron chi connectivity index (χ3n) is 5.75. The van der Waals surface area contributed by atoms with Gasteiger partial charge in [-0.25, -0.2) is 4.98 Å². The molecule has 3 aromatic rings. The first kappa shape index (κ1) is 21.2. The van der Waals surface area contributed by atoms with Gasteiger partial charge in [0.25, 0.3) is 5.91 Å². The van der Waals surface area contributed by atoms with Crippen LogP contribution in [-0.2, 0) is 18.4 Å². The number of ether oxygens (including phenoxy) is 2. The molecule has 0 aliphatic carbocycles. The first-order valence-corrected chi connectivity index (χ1v) is 10.9. The number of carbonyl (C=O) groups excluding carboxylic acids is 1. The molecule has 7 nitrogen and oxygen atoms in total. The zero-order chi connectivity index (χ0) is 21.6. The second-order valence-corrected chi connectivity index (χ2v) is 7.97. The molecule has 164 valence electrons. The Morgan fingerprint density at radius 1 is 1.06 bits per heavy atom. The number of para-hydroxylation sites is 2. The van der Waals surface area contributed by atoms with Gasteiger partial charge >= 0.3 is 0 Å². The molecule has 0 saturated carbocycles. The van der Waals surface area contributed by atoms with Crippen LogP contribution in [0, 0.1) is 0 Å². The molecule has 1 aliphatic heterocycles. The minimum Gasteiger partial charge on any atom is -0.493 e. The molecule has 7 heteroatoms. The molecule has 0 radical (unpaired) electrons. The number of anilines is 1. The molecule has 1 N–H and O–H groups in total. The van der Waals surface area contributed by atoms with Crippen molar-refractivity contribution in [3.8, 4) is 11.5 Å². The van der Waals surface area contributed by atoms with Crippen LogP contribution in [0.3, 0.4) is 0 Å². The zero-order valence-corrected chi connectivity index (χ0v) is 18.3. The van der Waals surface area contributed by atoms with Crippen LogP contribution >= 0.6 is 0 Å². The lowest BCUT2D eigenvalue weighted by Gasteiger charge is -2.19. The van der Waals surface area contributed by atoms with Crippen molar-refractivity contribution in [2.45, 2.75) is 32.2 Å². The third kappa shape index (κ3) is 5.17. The molecule has 0 unspecified atom stereocenters. The predicted molar refractivity (Wildman–Crippen MR) is 122 cm³/mol. The molecule has 2 aromatic carbocycles. The monoisotopic (exact) mass is 422 g/mol. The summed E-state index contributed by atoms with van der Waals surface area (Å²) in [7, 11) is 3.63.